The lowest BCUT2D eigenvalue weighted by Crippen LogP contribution is -2.19. The summed E-state index contributed by atoms with van der Waals surface area (Å²) in [5.41, 5.74) is -0.333. The van der Waals surface area contributed by atoms with Crippen molar-refractivity contribution in [3.63, 3.8) is 0 Å². The number of hydrogen-bond acceptors (Lipinski definition) is 2. The monoisotopic (exact) mass is 207 g/mol. The second-order valence-corrected chi connectivity index (χ2v) is 3.20. The van der Waals surface area contributed by atoms with E-state index in [1.165, 1.54) is 6.92 Å². The van der Waals surface area contributed by atoms with Crippen LogP contribution in [0.4, 0.5) is 0 Å². The topological polar surface area (TPSA) is 47.2 Å². The van der Waals surface area contributed by atoms with Crippen LogP contribution in [0.3, 0.4) is 0 Å². The van der Waals surface area contributed by atoms with Crippen molar-refractivity contribution in [1.29, 1.82) is 0 Å². The van der Waals surface area contributed by atoms with Crippen LogP contribution in [0.1, 0.15) is 9.81 Å². The van der Waals surface area contributed by atoms with Gasteiger partial charge in [-0.2, -0.15) is 0 Å². The maximum Gasteiger partial charge on any atom is 0.313 e. The van der Waals surface area contributed by atoms with E-state index in [0.29, 0.717) is 5.69 Å². The van der Waals surface area contributed by atoms with Crippen molar-refractivity contribution in [2.45, 2.75) is 6.92 Å². The first-order chi connectivity index (χ1) is 8.34. The second kappa shape index (κ2) is 3.31. The number of benzene rings is 1. The fourth-order valence-corrected chi connectivity index (χ4v) is 1.40. The maximum atomic E-state index is 11.9. The van der Waals surface area contributed by atoms with Crippen LogP contribution >= 0.6 is 0 Å². The van der Waals surface area contributed by atoms with Crippen molar-refractivity contribution in [2.24, 2.45) is 6.98 Å². The van der Waals surface area contributed by atoms with Crippen LogP contribution in [0, 0.1) is 6.92 Å². The minimum atomic E-state index is -2.54. The summed E-state index contributed by atoms with van der Waals surface area (Å²) in [6.45, 7) is -1.15. The zero-order chi connectivity index (χ0) is 13.5. The van der Waals surface area contributed by atoms with E-state index < -0.39 is 18.3 Å². The minimum Gasteiger partial charge on any atom is -0.502 e. The fourth-order valence-electron chi connectivity index (χ4n) is 1.40. The van der Waals surface area contributed by atoms with Crippen molar-refractivity contribution in [2.75, 3.05) is 0 Å². The predicted octanol–water partition coefficient (Wildman–Crippen LogP) is 1.19. The quantitative estimate of drug-likeness (QED) is 0.763. The minimum absolute atomic E-state index is 0.0175. The Balaban J connectivity index is 2.83. The highest BCUT2D eigenvalue weighted by Gasteiger charge is 2.13. The molecule has 15 heavy (non-hydrogen) atoms. The van der Waals surface area contributed by atoms with Gasteiger partial charge in [0.05, 0.1) is 11.4 Å². The van der Waals surface area contributed by atoms with Gasteiger partial charge >= 0.3 is 5.56 Å². The standard InChI is InChI=1S/C11H12N2O2/c1-8-10(14)11(15)13(12(8)2)9-6-4-3-5-7-9/h3-7,14H,1-2H3/i2D3. The van der Waals surface area contributed by atoms with E-state index in [-0.39, 0.29) is 5.69 Å². The second-order valence-electron chi connectivity index (χ2n) is 3.20. The van der Waals surface area contributed by atoms with Gasteiger partial charge in [-0.3, -0.25) is 9.48 Å². The van der Waals surface area contributed by atoms with Crippen LogP contribution in [0.5, 0.6) is 5.75 Å². The van der Waals surface area contributed by atoms with Crippen molar-refractivity contribution in [3.8, 4) is 11.4 Å². The molecule has 2 aromatic rings. The van der Waals surface area contributed by atoms with E-state index in [2.05, 4.69) is 0 Å². The van der Waals surface area contributed by atoms with Gasteiger partial charge in [-0.15, -0.1) is 0 Å². The molecule has 0 atom stereocenters. The van der Waals surface area contributed by atoms with Gasteiger partial charge in [0.15, 0.2) is 0 Å². The molecule has 1 heterocycles. The molecule has 78 valence electrons. The van der Waals surface area contributed by atoms with Crippen molar-refractivity contribution < 1.29 is 9.22 Å². The summed E-state index contributed by atoms with van der Waals surface area (Å²) in [6, 6.07) is 8.32. The van der Waals surface area contributed by atoms with Gasteiger partial charge < -0.3 is 5.11 Å². The summed E-state index contributed by atoms with van der Waals surface area (Å²) >= 11 is 0. The van der Waals surface area contributed by atoms with Crippen LogP contribution in [-0.2, 0) is 6.98 Å². The molecular formula is C11H12N2O2. The summed E-state index contributed by atoms with van der Waals surface area (Å²) in [7, 11) is 0. The molecule has 0 aliphatic heterocycles. The summed E-state index contributed by atoms with van der Waals surface area (Å²) in [4.78, 5) is 11.9. The Bertz CT molecular complexity index is 626. The van der Waals surface area contributed by atoms with Crippen molar-refractivity contribution in [3.05, 3.63) is 46.4 Å². The van der Waals surface area contributed by atoms with Gasteiger partial charge in [-0.25, -0.2) is 4.68 Å². The van der Waals surface area contributed by atoms with Gasteiger partial charge in [0.1, 0.15) is 0 Å². The average Bonchev–Trinajstić information content (AvgIpc) is 2.54. The predicted molar refractivity (Wildman–Crippen MR) is 57.4 cm³/mol. The SMILES string of the molecule is [2H]C([2H])([2H])n1c(C)c(O)c(=O)n1-c1ccccc1. The molecule has 0 spiro atoms. The van der Waals surface area contributed by atoms with Gasteiger partial charge in [-0.05, 0) is 19.1 Å². The van der Waals surface area contributed by atoms with Crippen molar-refractivity contribution in [1.82, 2.24) is 9.36 Å². The molecule has 1 aromatic heterocycles. The summed E-state index contributed by atoms with van der Waals surface area (Å²) < 4.78 is 24.1. The first-order valence-electron chi connectivity index (χ1n) is 5.93. The zero-order valence-electron chi connectivity index (χ0n) is 11.1. The smallest absolute Gasteiger partial charge is 0.313 e. The Morgan fingerprint density at radius 3 is 2.60 bits per heavy atom. The highest BCUT2D eigenvalue weighted by Crippen LogP contribution is 2.13. The molecule has 4 nitrogen and oxygen atoms in total. The Hall–Kier alpha value is -1.97. The summed E-state index contributed by atoms with van der Waals surface area (Å²) in [6.07, 6.45) is 0. The number of nitrogens with zero attached hydrogens (tertiary/aromatic N) is 2. The Kier molecular flexibility index (Phi) is 1.43. The Morgan fingerprint density at radius 2 is 2.00 bits per heavy atom. The molecule has 0 amide bonds. The highest BCUT2D eigenvalue weighted by molar-refractivity contribution is 5.34. The highest BCUT2D eigenvalue weighted by atomic mass is 16.3. The molecule has 0 bridgehead atoms. The van der Waals surface area contributed by atoms with E-state index >= 15 is 0 Å². The third-order valence-electron chi connectivity index (χ3n) is 2.26. The summed E-state index contributed by atoms with van der Waals surface area (Å²) in [5, 5.41) is 9.63. The molecule has 4 heteroatoms. The van der Waals surface area contributed by atoms with Crippen LogP contribution in [0.2, 0.25) is 0 Å². The van der Waals surface area contributed by atoms with Crippen molar-refractivity contribution >= 4 is 0 Å². The molecule has 0 unspecified atom stereocenters. The molecule has 0 radical (unpaired) electrons. The largest absolute Gasteiger partial charge is 0.502 e. The Labute approximate surface area is 91.2 Å². The average molecular weight is 207 g/mol. The van der Waals surface area contributed by atoms with Crippen LogP contribution in [0.15, 0.2) is 35.1 Å². The van der Waals surface area contributed by atoms with E-state index in [9.17, 15) is 9.90 Å². The zero-order valence-corrected chi connectivity index (χ0v) is 8.14. The molecule has 0 saturated carbocycles. The van der Waals surface area contributed by atoms with Crippen LogP contribution < -0.4 is 5.56 Å². The maximum absolute atomic E-state index is 11.9. The lowest BCUT2D eigenvalue weighted by molar-refractivity contribution is 0.465. The normalized spacial score (nSPS) is 14.3. The third-order valence-corrected chi connectivity index (χ3v) is 2.26. The van der Waals surface area contributed by atoms with Gasteiger partial charge in [0, 0.05) is 11.1 Å². The molecule has 0 fully saturated rings. The van der Waals surface area contributed by atoms with Crippen LogP contribution in [-0.4, -0.2) is 14.5 Å². The molecule has 0 aliphatic rings. The van der Waals surface area contributed by atoms with E-state index in [4.69, 9.17) is 4.11 Å². The molecule has 0 aliphatic carbocycles. The molecule has 0 saturated heterocycles. The van der Waals surface area contributed by atoms with Crippen LogP contribution in [0.25, 0.3) is 5.69 Å². The molecular weight excluding hydrogens is 192 g/mol. The third kappa shape index (κ3) is 1.34. The molecule has 2 rings (SSSR count). The number of para-hydroxylation sites is 1. The molecule has 1 N–H and O–H groups in total. The van der Waals surface area contributed by atoms with Gasteiger partial charge in [-0.1, -0.05) is 18.2 Å². The fraction of sp³-hybridized carbons (Fsp3) is 0.182. The number of hydrogen-bond donors (Lipinski definition) is 1. The number of aromatic hydroxyl groups is 1. The Morgan fingerprint density at radius 1 is 1.33 bits per heavy atom. The summed E-state index contributed by atoms with van der Waals surface area (Å²) in [5.74, 6) is -0.546. The molecule has 1 aromatic carbocycles. The van der Waals surface area contributed by atoms with Gasteiger partial charge in [0.25, 0.3) is 0 Å². The van der Waals surface area contributed by atoms with E-state index in [1.54, 1.807) is 30.3 Å². The van der Waals surface area contributed by atoms with E-state index in [1.807, 2.05) is 0 Å². The lowest BCUT2D eigenvalue weighted by Gasteiger charge is -2.06. The first kappa shape index (κ1) is 6.50. The number of aromatic nitrogens is 2. The van der Waals surface area contributed by atoms with Gasteiger partial charge in [0.2, 0.25) is 5.75 Å². The van der Waals surface area contributed by atoms with E-state index in [0.717, 1.165) is 9.36 Å². The lowest BCUT2D eigenvalue weighted by atomic mass is 10.3. The first-order valence-corrected chi connectivity index (χ1v) is 4.43. The number of rotatable bonds is 1.